The van der Waals surface area contributed by atoms with Gasteiger partial charge in [0.1, 0.15) is 0 Å². The lowest BCUT2D eigenvalue weighted by Gasteiger charge is -2.39. The highest BCUT2D eigenvalue weighted by molar-refractivity contribution is 5.94. The Labute approximate surface area is 152 Å². The number of fused-ring (bicyclic) bond motifs is 2. The average molecular weight is 350 g/mol. The van der Waals surface area contributed by atoms with Crippen LogP contribution in [-0.2, 0) is 16.9 Å². The van der Waals surface area contributed by atoms with Crippen LogP contribution in [0.25, 0.3) is 0 Å². The summed E-state index contributed by atoms with van der Waals surface area (Å²) in [7, 11) is 0. The molecule has 1 amide bonds. The van der Waals surface area contributed by atoms with Crippen LogP contribution >= 0.6 is 0 Å². The van der Waals surface area contributed by atoms with Gasteiger partial charge in [-0.05, 0) is 48.2 Å². The van der Waals surface area contributed by atoms with E-state index in [1.807, 2.05) is 11.0 Å². The maximum absolute atomic E-state index is 12.8. The van der Waals surface area contributed by atoms with Crippen LogP contribution in [0, 0.1) is 0 Å². The van der Waals surface area contributed by atoms with Crippen molar-refractivity contribution in [1.29, 1.82) is 0 Å². The molecule has 0 aliphatic carbocycles. The van der Waals surface area contributed by atoms with Gasteiger partial charge in [-0.1, -0.05) is 24.3 Å². The number of nitrogens with two attached hydrogens (primary N) is 2. The van der Waals surface area contributed by atoms with Crippen LogP contribution in [0.15, 0.2) is 53.5 Å². The van der Waals surface area contributed by atoms with E-state index in [4.69, 9.17) is 16.2 Å². The molecule has 2 aromatic rings. The number of amides is 1. The maximum Gasteiger partial charge on any atom is 0.253 e. The summed E-state index contributed by atoms with van der Waals surface area (Å²) >= 11 is 0. The number of benzene rings is 2. The lowest BCUT2D eigenvalue weighted by atomic mass is 9.83. The highest BCUT2D eigenvalue weighted by Gasteiger charge is 2.43. The van der Waals surface area contributed by atoms with E-state index in [0.717, 1.165) is 12.8 Å². The van der Waals surface area contributed by atoms with Gasteiger partial charge < -0.3 is 21.1 Å². The number of aliphatic imine (C=N–C) groups is 1. The third-order valence-electron chi connectivity index (χ3n) is 5.24. The van der Waals surface area contributed by atoms with Crippen molar-refractivity contribution in [1.82, 2.24) is 4.90 Å². The Morgan fingerprint density at radius 2 is 1.73 bits per heavy atom. The molecule has 0 unspecified atom stereocenters. The fourth-order valence-electron chi connectivity index (χ4n) is 3.88. The van der Waals surface area contributed by atoms with Gasteiger partial charge in [0.2, 0.25) is 0 Å². The van der Waals surface area contributed by atoms with Crippen molar-refractivity contribution in [3.8, 4) is 0 Å². The minimum atomic E-state index is -0.232. The molecule has 2 aliphatic rings. The highest BCUT2D eigenvalue weighted by atomic mass is 16.5. The molecule has 26 heavy (non-hydrogen) atoms. The number of ether oxygens (including phenoxy) is 1. The lowest BCUT2D eigenvalue weighted by Crippen LogP contribution is -2.45. The molecule has 0 radical (unpaired) electrons. The van der Waals surface area contributed by atoms with Crippen molar-refractivity contribution in [2.75, 3.05) is 13.1 Å². The number of carbonyl (C=O) groups excluding carboxylic acids is 1. The number of carbonyl (C=O) groups is 1. The second kappa shape index (κ2) is 6.46. The first-order valence-electron chi connectivity index (χ1n) is 8.79. The van der Waals surface area contributed by atoms with Crippen LogP contribution in [0.1, 0.15) is 34.3 Å². The van der Waals surface area contributed by atoms with Gasteiger partial charge in [0.05, 0.1) is 17.9 Å². The summed E-state index contributed by atoms with van der Waals surface area (Å²) in [6.45, 7) is 2.03. The predicted molar refractivity (Wildman–Crippen MR) is 100.0 cm³/mol. The maximum atomic E-state index is 12.8. The van der Waals surface area contributed by atoms with Gasteiger partial charge in [0, 0.05) is 18.7 Å². The third-order valence-corrected chi connectivity index (χ3v) is 5.24. The first-order valence-corrected chi connectivity index (χ1v) is 8.79. The number of piperidine rings is 1. The summed E-state index contributed by atoms with van der Waals surface area (Å²) < 4.78 is 6.16. The molecule has 1 fully saturated rings. The minimum absolute atomic E-state index is 0.00208. The SMILES string of the molecule is NC(N)=Nc1ccc(C(=O)N2CCC3(CC2)OCc2ccccc23)cc1. The summed E-state index contributed by atoms with van der Waals surface area (Å²) in [6, 6.07) is 15.4. The molecule has 1 saturated heterocycles. The Bertz CT molecular complexity index is 848. The zero-order valence-corrected chi connectivity index (χ0v) is 14.5. The summed E-state index contributed by atoms with van der Waals surface area (Å²) in [5.41, 5.74) is 14.3. The van der Waals surface area contributed by atoms with Crippen molar-refractivity contribution in [2.45, 2.75) is 25.0 Å². The predicted octanol–water partition coefficient (Wildman–Crippen LogP) is 2.25. The highest BCUT2D eigenvalue weighted by Crippen LogP contribution is 2.44. The molecular formula is C20H22N4O2. The minimum Gasteiger partial charge on any atom is -0.370 e. The lowest BCUT2D eigenvalue weighted by molar-refractivity contribution is -0.0741. The van der Waals surface area contributed by atoms with Gasteiger partial charge in [-0.15, -0.1) is 0 Å². The Morgan fingerprint density at radius 1 is 1.04 bits per heavy atom. The van der Waals surface area contributed by atoms with Gasteiger partial charge in [-0.3, -0.25) is 4.79 Å². The van der Waals surface area contributed by atoms with Crippen LogP contribution in [0.3, 0.4) is 0 Å². The molecule has 0 aromatic heterocycles. The normalized spacial score (nSPS) is 17.8. The van der Waals surface area contributed by atoms with Gasteiger partial charge in [0.15, 0.2) is 5.96 Å². The van der Waals surface area contributed by atoms with Crippen molar-refractivity contribution in [2.24, 2.45) is 16.5 Å². The van der Waals surface area contributed by atoms with Crippen molar-refractivity contribution >= 4 is 17.6 Å². The van der Waals surface area contributed by atoms with E-state index in [9.17, 15) is 4.79 Å². The topological polar surface area (TPSA) is 93.9 Å². The number of nitrogens with zero attached hydrogens (tertiary/aromatic N) is 2. The van der Waals surface area contributed by atoms with Crippen molar-refractivity contribution in [3.05, 3.63) is 65.2 Å². The molecule has 0 bridgehead atoms. The first-order chi connectivity index (χ1) is 12.6. The van der Waals surface area contributed by atoms with E-state index >= 15 is 0 Å². The van der Waals surface area contributed by atoms with Crippen LogP contribution < -0.4 is 11.5 Å². The Morgan fingerprint density at radius 3 is 2.42 bits per heavy atom. The second-order valence-corrected chi connectivity index (χ2v) is 6.82. The molecule has 2 aromatic carbocycles. The Hall–Kier alpha value is -2.86. The number of rotatable bonds is 2. The van der Waals surface area contributed by atoms with E-state index in [-0.39, 0.29) is 17.5 Å². The van der Waals surface area contributed by atoms with Crippen LogP contribution in [0.2, 0.25) is 0 Å². The smallest absolute Gasteiger partial charge is 0.253 e. The van der Waals surface area contributed by atoms with Gasteiger partial charge in [-0.25, -0.2) is 4.99 Å². The zero-order chi connectivity index (χ0) is 18.1. The molecule has 2 heterocycles. The number of hydrogen-bond donors (Lipinski definition) is 2. The summed E-state index contributed by atoms with van der Waals surface area (Å²) in [5.74, 6) is 0.0321. The molecule has 4 rings (SSSR count). The van der Waals surface area contributed by atoms with Gasteiger partial charge >= 0.3 is 0 Å². The van der Waals surface area contributed by atoms with Crippen LogP contribution in [0.4, 0.5) is 5.69 Å². The summed E-state index contributed by atoms with van der Waals surface area (Å²) in [4.78, 5) is 18.6. The van der Waals surface area contributed by atoms with Crippen molar-refractivity contribution < 1.29 is 9.53 Å². The first kappa shape index (κ1) is 16.6. The van der Waals surface area contributed by atoms with E-state index in [1.165, 1.54) is 11.1 Å². The molecule has 6 heteroatoms. The molecule has 4 N–H and O–H groups in total. The third kappa shape index (κ3) is 2.93. The van der Waals surface area contributed by atoms with E-state index in [0.29, 0.717) is 30.9 Å². The molecule has 0 saturated carbocycles. The van der Waals surface area contributed by atoms with Crippen LogP contribution in [0.5, 0.6) is 0 Å². The Balaban J connectivity index is 1.45. The fourth-order valence-corrected chi connectivity index (χ4v) is 3.88. The van der Waals surface area contributed by atoms with Crippen LogP contribution in [-0.4, -0.2) is 29.9 Å². The van der Waals surface area contributed by atoms with Gasteiger partial charge in [-0.2, -0.15) is 0 Å². The molecule has 2 aliphatic heterocycles. The summed E-state index contributed by atoms with van der Waals surface area (Å²) in [5, 5.41) is 0. The standard InChI is InChI=1S/C20H22N4O2/c21-19(22)23-16-7-5-14(6-8-16)18(25)24-11-9-20(10-12-24)17-4-2-1-3-15(17)13-26-20/h1-8H,9-13H2,(H4,21,22,23). The molecular weight excluding hydrogens is 328 g/mol. The quantitative estimate of drug-likeness (QED) is 0.642. The number of likely N-dealkylation sites (tertiary alicyclic amines) is 1. The zero-order valence-electron chi connectivity index (χ0n) is 14.5. The fraction of sp³-hybridized carbons (Fsp3) is 0.300. The Kier molecular flexibility index (Phi) is 4.12. The van der Waals surface area contributed by atoms with E-state index in [2.05, 4.69) is 23.2 Å². The molecule has 1 spiro atoms. The monoisotopic (exact) mass is 350 g/mol. The van der Waals surface area contributed by atoms with Crippen molar-refractivity contribution in [3.63, 3.8) is 0 Å². The molecule has 0 atom stereocenters. The van der Waals surface area contributed by atoms with E-state index < -0.39 is 0 Å². The average Bonchev–Trinajstić information content (AvgIpc) is 3.01. The number of guanidine groups is 1. The largest absolute Gasteiger partial charge is 0.370 e. The summed E-state index contributed by atoms with van der Waals surface area (Å²) in [6.07, 6.45) is 1.64. The second-order valence-electron chi connectivity index (χ2n) is 6.82. The molecule has 134 valence electrons. The molecule has 6 nitrogen and oxygen atoms in total. The number of hydrogen-bond acceptors (Lipinski definition) is 3. The van der Waals surface area contributed by atoms with E-state index in [1.54, 1.807) is 24.3 Å². The van der Waals surface area contributed by atoms with Gasteiger partial charge in [0.25, 0.3) is 5.91 Å².